The van der Waals surface area contributed by atoms with Gasteiger partial charge in [-0.05, 0) is 19.8 Å². The van der Waals surface area contributed by atoms with Crippen LogP contribution in [0.15, 0.2) is 0 Å². The number of nitrogens with two attached hydrogens (primary N) is 1. The molecule has 2 heterocycles. The fourth-order valence-corrected chi connectivity index (χ4v) is 3.35. The summed E-state index contributed by atoms with van der Waals surface area (Å²) in [4.78, 5) is 17.2. The molecule has 6 nitrogen and oxygen atoms in total. The topological polar surface area (TPSA) is 93.8 Å². The van der Waals surface area contributed by atoms with Gasteiger partial charge in [0, 0.05) is 13.0 Å². The van der Waals surface area contributed by atoms with Gasteiger partial charge >= 0.3 is 0 Å². The molecule has 0 saturated carbocycles. The van der Waals surface area contributed by atoms with E-state index in [4.69, 9.17) is 5.73 Å². The number of carbonyl (C=O) groups excluding carboxylic acids is 1. The fourth-order valence-electron chi connectivity index (χ4n) is 1.78. The Kier molecular flexibility index (Phi) is 5.02. The van der Waals surface area contributed by atoms with Gasteiger partial charge in [-0.25, -0.2) is 4.98 Å². The highest BCUT2D eigenvalue weighted by Gasteiger charge is 2.14. The van der Waals surface area contributed by atoms with Gasteiger partial charge < -0.3 is 11.1 Å². The summed E-state index contributed by atoms with van der Waals surface area (Å²) in [6.07, 6.45) is 2.37. The van der Waals surface area contributed by atoms with E-state index < -0.39 is 0 Å². The predicted molar refractivity (Wildman–Crippen MR) is 81.2 cm³/mol. The van der Waals surface area contributed by atoms with Gasteiger partial charge in [-0.3, -0.25) is 4.79 Å². The molecule has 0 atom stereocenters. The fraction of sp³-hybridized carbons (Fsp3) is 0.500. The van der Waals surface area contributed by atoms with Gasteiger partial charge in [-0.15, -0.1) is 21.5 Å². The monoisotopic (exact) mass is 311 g/mol. The number of hydrogen-bond donors (Lipinski definition) is 2. The average molecular weight is 311 g/mol. The number of thiazole rings is 1. The molecule has 8 heteroatoms. The second-order valence-corrected chi connectivity index (χ2v) is 6.55. The van der Waals surface area contributed by atoms with Crippen molar-refractivity contribution in [1.29, 1.82) is 0 Å². The molecule has 1 amide bonds. The van der Waals surface area contributed by atoms with Crippen LogP contribution in [0.25, 0.3) is 0 Å². The van der Waals surface area contributed by atoms with E-state index in [1.54, 1.807) is 0 Å². The van der Waals surface area contributed by atoms with Crippen LogP contribution < -0.4 is 11.1 Å². The van der Waals surface area contributed by atoms with E-state index in [0.29, 0.717) is 11.7 Å². The number of anilines is 1. The molecular formula is C12H17N5OS2. The van der Waals surface area contributed by atoms with Gasteiger partial charge in [0.1, 0.15) is 9.88 Å². The maximum atomic E-state index is 12.1. The number of carbonyl (C=O) groups is 1. The number of rotatable bonds is 6. The highest BCUT2D eigenvalue weighted by molar-refractivity contribution is 7.15. The van der Waals surface area contributed by atoms with Crippen LogP contribution in [0.2, 0.25) is 0 Å². The molecule has 0 aromatic carbocycles. The smallest absolute Gasteiger partial charge is 0.263 e. The first-order valence-corrected chi connectivity index (χ1v) is 8.05. The highest BCUT2D eigenvalue weighted by Crippen LogP contribution is 2.18. The van der Waals surface area contributed by atoms with Crippen molar-refractivity contribution in [2.45, 2.75) is 33.1 Å². The first-order valence-electron chi connectivity index (χ1n) is 6.42. The van der Waals surface area contributed by atoms with Crippen LogP contribution in [0.5, 0.6) is 0 Å². The first-order chi connectivity index (χ1) is 9.60. The van der Waals surface area contributed by atoms with Gasteiger partial charge in [0.2, 0.25) is 5.13 Å². The Bertz CT molecular complexity index is 592. The minimum atomic E-state index is -0.0378. The molecule has 0 unspecified atom stereocenters. The lowest BCUT2D eigenvalue weighted by Crippen LogP contribution is -2.24. The molecule has 0 spiro atoms. The molecule has 2 aromatic rings. The number of aromatic nitrogens is 3. The summed E-state index contributed by atoms with van der Waals surface area (Å²) in [7, 11) is 0. The zero-order valence-electron chi connectivity index (χ0n) is 11.5. The largest absolute Gasteiger partial charge is 0.374 e. The number of amides is 1. The first kappa shape index (κ1) is 14.9. The Morgan fingerprint density at radius 3 is 2.80 bits per heavy atom. The number of nitrogen functional groups attached to an aromatic ring is 1. The maximum Gasteiger partial charge on any atom is 0.263 e. The van der Waals surface area contributed by atoms with Gasteiger partial charge in [-0.2, -0.15) is 0 Å². The Morgan fingerprint density at radius 2 is 2.15 bits per heavy atom. The van der Waals surface area contributed by atoms with Crippen LogP contribution in [0.1, 0.15) is 38.7 Å². The summed E-state index contributed by atoms with van der Waals surface area (Å²) < 4.78 is 0. The van der Waals surface area contributed by atoms with Crippen molar-refractivity contribution >= 4 is 33.7 Å². The van der Waals surface area contributed by atoms with Crippen molar-refractivity contribution in [2.24, 2.45) is 0 Å². The van der Waals surface area contributed by atoms with E-state index in [2.05, 4.69) is 20.5 Å². The SMILES string of the molecule is CCc1nc(C)sc1C(=O)NCCCc1nnc(N)s1. The van der Waals surface area contributed by atoms with E-state index in [9.17, 15) is 4.79 Å². The van der Waals surface area contributed by atoms with Crippen LogP contribution in [-0.2, 0) is 12.8 Å². The van der Waals surface area contributed by atoms with Crippen molar-refractivity contribution in [1.82, 2.24) is 20.5 Å². The molecule has 0 aliphatic heterocycles. The third kappa shape index (κ3) is 3.73. The molecule has 108 valence electrons. The van der Waals surface area contributed by atoms with Gasteiger partial charge in [0.05, 0.1) is 10.7 Å². The van der Waals surface area contributed by atoms with Crippen LogP contribution in [0.3, 0.4) is 0 Å². The highest BCUT2D eigenvalue weighted by atomic mass is 32.1. The summed E-state index contributed by atoms with van der Waals surface area (Å²) >= 11 is 2.83. The Labute approximate surface area is 125 Å². The lowest BCUT2D eigenvalue weighted by atomic mass is 10.2. The molecule has 0 bridgehead atoms. The molecule has 0 aliphatic carbocycles. The van der Waals surface area contributed by atoms with E-state index >= 15 is 0 Å². The zero-order valence-corrected chi connectivity index (χ0v) is 13.1. The third-order valence-electron chi connectivity index (χ3n) is 2.68. The number of nitrogens with zero attached hydrogens (tertiary/aromatic N) is 3. The number of aryl methyl sites for hydroxylation is 3. The Hall–Kier alpha value is -1.54. The predicted octanol–water partition coefficient (Wildman–Crippen LogP) is 1.81. The molecule has 0 radical (unpaired) electrons. The number of nitrogens with one attached hydrogen (secondary N) is 1. The van der Waals surface area contributed by atoms with Crippen LogP contribution in [0, 0.1) is 6.92 Å². The van der Waals surface area contributed by atoms with E-state index in [-0.39, 0.29) is 5.91 Å². The molecule has 2 aromatic heterocycles. The standard InChI is InChI=1S/C12H17N5OS2/c1-3-8-10(19-7(2)15-8)11(18)14-6-4-5-9-16-17-12(13)20-9/h3-6H2,1-2H3,(H2,13,17)(H,14,18). The van der Waals surface area contributed by atoms with Crippen LogP contribution in [-0.4, -0.2) is 27.6 Å². The second kappa shape index (κ2) is 6.76. The summed E-state index contributed by atoms with van der Waals surface area (Å²) in [5.74, 6) is -0.0378. The van der Waals surface area contributed by atoms with Crippen molar-refractivity contribution in [3.63, 3.8) is 0 Å². The third-order valence-corrected chi connectivity index (χ3v) is 4.50. The van der Waals surface area contributed by atoms with Crippen molar-refractivity contribution in [2.75, 3.05) is 12.3 Å². The summed E-state index contributed by atoms with van der Waals surface area (Å²) in [5, 5.41) is 12.9. The summed E-state index contributed by atoms with van der Waals surface area (Å²) in [6, 6.07) is 0. The summed E-state index contributed by atoms with van der Waals surface area (Å²) in [6.45, 7) is 4.53. The Balaban J connectivity index is 1.80. The van der Waals surface area contributed by atoms with Gasteiger partial charge in [0.15, 0.2) is 0 Å². The van der Waals surface area contributed by atoms with Crippen molar-refractivity contribution in [3.05, 3.63) is 20.6 Å². The molecular weight excluding hydrogens is 294 g/mol. The van der Waals surface area contributed by atoms with E-state index in [0.717, 1.165) is 39.8 Å². The molecule has 20 heavy (non-hydrogen) atoms. The maximum absolute atomic E-state index is 12.1. The molecule has 0 saturated heterocycles. The van der Waals surface area contributed by atoms with Gasteiger partial charge in [0.25, 0.3) is 5.91 Å². The minimum absolute atomic E-state index is 0.0378. The normalized spacial score (nSPS) is 10.7. The van der Waals surface area contributed by atoms with Crippen molar-refractivity contribution in [3.8, 4) is 0 Å². The van der Waals surface area contributed by atoms with Crippen LogP contribution in [0.4, 0.5) is 5.13 Å². The second-order valence-electron chi connectivity index (χ2n) is 4.26. The lowest BCUT2D eigenvalue weighted by molar-refractivity contribution is 0.0956. The van der Waals surface area contributed by atoms with E-state index in [1.807, 2.05) is 13.8 Å². The zero-order chi connectivity index (χ0) is 14.5. The Morgan fingerprint density at radius 1 is 1.35 bits per heavy atom. The minimum Gasteiger partial charge on any atom is -0.374 e. The quantitative estimate of drug-likeness (QED) is 0.794. The van der Waals surface area contributed by atoms with E-state index in [1.165, 1.54) is 22.7 Å². The molecule has 0 fully saturated rings. The molecule has 3 N–H and O–H groups in total. The van der Waals surface area contributed by atoms with Gasteiger partial charge in [-0.1, -0.05) is 18.3 Å². The van der Waals surface area contributed by atoms with Crippen molar-refractivity contribution < 1.29 is 4.79 Å². The average Bonchev–Trinajstić information content (AvgIpc) is 3.00. The lowest BCUT2D eigenvalue weighted by Gasteiger charge is -2.03. The molecule has 2 rings (SSSR count). The van der Waals surface area contributed by atoms with Crippen LogP contribution >= 0.6 is 22.7 Å². The number of hydrogen-bond acceptors (Lipinski definition) is 7. The summed E-state index contributed by atoms with van der Waals surface area (Å²) in [5.41, 5.74) is 6.39. The molecule has 0 aliphatic rings.